The van der Waals surface area contributed by atoms with E-state index in [1.165, 1.54) is 128 Å². The number of hydrogen-bond donors (Lipinski definition) is 0. The molecule has 0 N–H and O–H groups in total. The summed E-state index contributed by atoms with van der Waals surface area (Å²) in [7, 11) is 0. The van der Waals surface area contributed by atoms with Gasteiger partial charge in [0, 0.05) is 5.92 Å². The summed E-state index contributed by atoms with van der Waals surface area (Å²) in [6, 6.07) is 0. The van der Waals surface area contributed by atoms with Crippen LogP contribution in [-0.2, 0) is 0 Å². The van der Waals surface area contributed by atoms with E-state index in [2.05, 4.69) is 33.8 Å². The first-order chi connectivity index (χ1) is 14.3. The highest BCUT2D eigenvalue weighted by molar-refractivity contribution is 5.42. The molecule has 0 saturated heterocycles. The molecule has 1 atom stereocenters. The minimum absolute atomic E-state index is 0.663. The SMILES string of the molecule is CCCCCCC1=[C]C(CCCCCC)C(CCCCCC)=C1CCCCCC. The van der Waals surface area contributed by atoms with Gasteiger partial charge in [-0.25, -0.2) is 0 Å². The van der Waals surface area contributed by atoms with Crippen molar-refractivity contribution in [2.75, 3.05) is 0 Å². The maximum Gasteiger partial charge on any atom is 0.00599 e. The van der Waals surface area contributed by atoms with Crippen LogP contribution < -0.4 is 0 Å². The van der Waals surface area contributed by atoms with E-state index in [0.29, 0.717) is 5.92 Å². The molecule has 29 heavy (non-hydrogen) atoms. The van der Waals surface area contributed by atoms with E-state index in [-0.39, 0.29) is 0 Å². The minimum atomic E-state index is 0.663. The molecular formula is C29H53. The van der Waals surface area contributed by atoms with Crippen LogP contribution in [0.15, 0.2) is 16.7 Å². The van der Waals surface area contributed by atoms with E-state index in [4.69, 9.17) is 0 Å². The number of hydrogen-bond acceptors (Lipinski definition) is 0. The lowest BCUT2D eigenvalue weighted by Gasteiger charge is -2.17. The van der Waals surface area contributed by atoms with Gasteiger partial charge in [-0.1, -0.05) is 117 Å². The highest BCUT2D eigenvalue weighted by atomic mass is 14.3. The van der Waals surface area contributed by atoms with Gasteiger partial charge >= 0.3 is 0 Å². The van der Waals surface area contributed by atoms with Crippen molar-refractivity contribution in [1.29, 1.82) is 0 Å². The molecule has 0 heteroatoms. The van der Waals surface area contributed by atoms with Gasteiger partial charge in [-0.2, -0.15) is 0 Å². The van der Waals surface area contributed by atoms with E-state index < -0.39 is 0 Å². The first-order valence-electron chi connectivity index (χ1n) is 13.6. The predicted molar refractivity (Wildman–Crippen MR) is 132 cm³/mol. The Balaban J connectivity index is 2.81. The van der Waals surface area contributed by atoms with Gasteiger partial charge in [0.1, 0.15) is 0 Å². The average Bonchev–Trinajstić information content (AvgIpc) is 3.05. The van der Waals surface area contributed by atoms with Crippen LogP contribution in [0, 0.1) is 12.0 Å². The molecule has 1 unspecified atom stereocenters. The summed E-state index contributed by atoms with van der Waals surface area (Å²) in [5.41, 5.74) is 5.28. The molecule has 0 amide bonds. The molecule has 0 nitrogen and oxygen atoms in total. The Morgan fingerprint density at radius 3 is 1.55 bits per heavy atom. The maximum atomic E-state index is 4.07. The van der Waals surface area contributed by atoms with Crippen LogP contribution in [0.5, 0.6) is 0 Å². The third-order valence-electron chi connectivity index (χ3n) is 6.73. The van der Waals surface area contributed by atoms with E-state index in [9.17, 15) is 0 Å². The Morgan fingerprint density at radius 2 is 1.00 bits per heavy atom. The molecule has 0 fully saturated rings. The van der Waals surface area contributed by atoms with Crippen molar-refractivity contribution < 1.29 is 0 Å². The van der Waals surface area contributed by atoms with E-state index in [1.807, 2.05) is 5.57 Å². The van der Waals surface area contributed by atoms with Crippen molar-refractivity contribution in [1.82, 2.24) is 0 Å². The normalized spacial score (nSPS) is 16.7. The topological polar surface area (TPSA) is 0 Å². The lowest BCUT2D eigenvalue weighted by atomic mass is 9.88. The Hall–Kier alpha value is -0.520. The van der Waals surface area contributed by atoms with Crippen LogP contribution in [0.3, 0.4) is 0 Å². The molecule has 0 saturated carbocycles. The van der Waals surface area contributed by atoms with Crippen molar-refractivity contribution in [3.05, 3.63) is 22.8 Å². The van der Waals surface area contributed by atoms with Crippen LogP contribution in [0.4, 0.5) is 0 Å². The molecule has 0 aromatic rings. The minimum Gasteiger partial charge on any atom is -0.0654 e. The second-order valence-corrected chi connectivity index (χ2v) is 9.46. The summed E-state index contributed by atoms with van der Waals surface area (Å²) in [6.45, 7) is 9.30. The molecule has 1 radical (unpaired) electrons. The first-order valence-corrected chi connectivity index (χ1v) is 13.6. The number of rotatable bonds is 20. The second-order valence-electron chi connectivity index (χ2n) is 9.46. The standard InChI is InChI=1S/C29H53/c1-5-9-13-17-21-26-25-27(22-18-14-10-6-2)29(24-20-16-12-8-4)28(26)23-19-15-11-7-3/h26H,5-24H2,1-4H3. The molecule has 0 spiro atoms. The van der Waals surface area contributed by atoms with E-state index in [0.717, 1.165) is 0 Å². The molecule has 0 aromatic carbocycles. The van der Waals surface area contributed by atoms with Gasteiger partial charge in [-0.05, 0) is 62.2 Å². The summed E-state index contributed by atoms with van der Waals surface area (Å²) >= 11 is 0. The van der Waals surface area contributed by atoms with Crippen molar-refractivity contribution in [3.63, 3.8) is 0 Å². The monoisotopic (exact) mass is 401 g/mol. The van der Waals surface area contributed by atoms with Gasteiger partial charge in [0.05, 0.1) is 0 Å². The van der Waals surface area contributed by atoms with Gasteiger partial charge in [0.25, 0.3) is 0 Å². The highest BCUT2D eigenvalue weighted by Gasteiger charge is 2.25. The number of unbranched alkanes of at least 4 members (excludes halogenated alkanes) is 12. The predicted octanol–water partition coefficient (Wildman–Crippen LogP) is 10.5. The fourth-order valence-corrected chi connectivity index (χ4v) is 4.87. The van der Waals surface area contributed by atoms with Crippen LogP contribution in [-0.4, -0.2) is 0 Å². The number of allylic oxidation sites excluding steroid dienone is 4. The quantitative estimate of drug-likeness (QED) is 0.178. The molecule has 0 bridgehead atoms. The zero-order valence-corrected chi connectivity index (χ0v) is 20.7. The molecule has 169 valence electrons. The van der Waals surface area contributed by atoms with Crippen molar-refractivity contribution in [2.45, 2.75) is 156 Å². The molecule has 0 aromatic heterocycles. The van der Waals surface area contributed by atoms with Crippen molar-refractivity contribution in [2.24, 2.45) is 5.92 Å². The fraction of sp³-hybridized carbons (Fsp3) is 0.862. The van der Waals surface area contributed by atoms with Gasteiger partial charge in [0.15, 0.2) is 0 Å². The Morgan fingerprint density at radius 1 is 0.517 bits per heavy atom. The molecule has 1 rings (SSSR count). The maximum absolute atomic E-state index is 4.07. The van der Waals surface area contributed by atoms with Gasteiger partial charge < -0.3 is 0 Å². The Labute approximate surface area is 185 Å². The van der Waals surface area contributed by atoms with E-state index >= 15 is 0 Å². The zero-order chi connectivity index (χ0) is 21.2. The summed E-state index contributed by atoms with van der Waals surface area (Å²) in [6.07, 6.45) is 31.6. The fourth-order valence-electron chi connectivity index (χ4n) is 4.87. The third kappa shape index (κ3) is 11.4. The zero-order valence-electron chi connectivity index (χ0n) is 20.7. The lowest BCUT2D eigenvalue weighted by molar-refractivity contribution is 0.545. The van der Waals surface area contributed by atoms with E-state index in [1.54, 1.807) is 11.1 Å². The Kier molecular flexibility index (Phi) is 16.7. The van der Waals surface area contributed by atoms with Crippen LogP contribution in [0.25, 0.3) is 0 Å². The Bertz CT molecular complexity index is 439. The summed E-state index contributed by atoms with van der Waals surface area (Å²) in [5.74, 6) is 0.663. The van der Waals surface area contributed by atoms with Gasteiger partial charge in [0.2, 0.25) is 0 Å². The van der Waals surface area contributed by atoms with Crippen LogP contribution in [0.2, 0.25) is 0 Å². The molecule has 0 heterocycles. The molecular weight excluding hydrogens is 348 g/mol. The second kappa shape index (κ2) is 18.3. The largest absolute Gasteiger partial charge is 0.0654 e. The van der Waals surface area contributed by atoms with Crippen molar-refractivity contribution >= 4 is 0 Å². The summed E-state index contributed by atoms with van der Waals surface area (Å²) in [5, 5.41) is 0. The third-order valence-corrected chi connectivity index (χ3v) is 6.73. The van der Waals surface area contributed by atoms with Gasteiger partial charge in [-0.15, -0.1) is 0 Å². The molecule has 0 aliphatic heterocycles. The first kappa shape index (κ1) is 26.5. The van der Waals surface area contributed by atoms with Gasteiger partial charge in [-0.3, -0.25) is 0 Å². The summed E-state index contributed by atoms with van der Waals surface area (Å²) < 4.78 is 0. The molecule has 1 aliphatic rings. The lowest BCUT2D eigenvalue weighted by Crippen LogP contribution is -2.01. The smallest absolute Gasteiger partial charge is 0.00599 e. The summed E-state index contributed by atoms with van der Waals surface area (Å²) in [4.78, 5) is 0. The molecule has 1 aliphatic carbocycles. The van der Waals surface area contributed by atoms with Crippen molar-refractivity contribution in [3.8, 4) is 0 Å². The highest BCUT2D eigenvalue weighted by Crippen LogP contribution is 2.41. The average molecular weight is 402 g/mol. The van der Waals surface area contributed by atoms with Crippen LogP contribution >= 0.6 is 0 Å². The van der Waals surface area contributed by atoms with Crippen LogP contribution in [0.1, 0.15) is 156 Å².